The monoisotopic (exact) mass is 378 g/mol. The van der Waals surface area contributed by atoms with E-state index in [2.05, 4.69) is 15.5 Å². The molecule has 0 spiro atoms. The van der Waals surface area contributed by atoms with Crippen LogP contribution in [0.5, 0.6) is 0 Å². The number of methoxy groups -OCH3 is 1. The van der Waals surface area contributed by atoms with Crippen molar-refractivity contribution in [3.05, 3.63) is 11.7 Å². The van der Waals surface area contributed by atoms with Crippen molar-refractivity contribution in [3.63, 3.8) is 0 Å². The Hall–Kier alpha value is -1.96. The molecule has 0 unspecified atom stereocenters. The van der Waals surface area contributed by atoms with E-state index in [-0.39, 0.29) is 36.3 Å². The molecule has 150 valence electrons. The number of aromatic nitrogens is 2. The lowest BCUT2D eigenvalue weighted by atomic mass is 9.80. The average Bonchev–Trinajstić information content (AvgIpc) is 3.28. The Morgan fingerprint density at radius 1 is 1.41 bits per heavy atom. The summed E-state index contributed by atoms with van der Waals surface area (Å²) >= 11 is 0. The van der Waals surface area contributed by atoms with Gasteiger partial charge >= 0.3 is 0 Å². The largest absolute Gasteiger partial charge is 0.375 e. The number of rotatable bonds is 7. The molecule has 8 nitrogen and oxygen atoms in total. The Bertz CT molecular complexity index is 687. The molecule has 0 bridgehead atoms. The highest BCUT2D eigenvalue weighted by Gasteiger charge is 2.58. The molecule has 1 aromatic heterocycles. The maximum atomic E-state index is 12.5. The van der Waals surface area contributed by atoms with Crippen LogP contribution in [-0.4, -0.2) is 59.7 Å². The van der Waals surface area contributed by atoms with Crippen LogP contribution in [0.3, 0.4) is 0 Å². The molecule has 1 saturated heterocycles. The van der Waals surface area contributed by atoms with Crippen molar-refractivity contribution in [2.24, 2.45) is 11.8 Å². The lowest BCUT2D eigenvalue weighted by molar-refractivity contribution is -0.134. The molecule has 3 rings (SSSR count). The third kappa shape index (κ3) is 3.72. The summed E-state index contributed by atoms with van der Waals surface area (Å²) in [6.45, 7) is 7.10. The number of nitrogens with zero attached hydrogens (tertiary/aromatic N) is 3. The first-order valence-electron chi connectivity index (χ1n) is 9.81. The van der Waals surface area contributed by atoms with Gasteiger partial charge in [-0.2, -0.15) is 4.98 Å². The topological polar surface area (TPSA) is 97.6 Å². The number of hydrogen-bond acceptors (Lipinski definition) is 6. The van der Waals surface area contributed by atoms with E-state index in [4.69, 9.17) is 9.26 Å². The fourth-order valence-corrected chi connectivity index (χ4v) is 4.69. The average molecular weight is 378 g/mol. The van der Waals surface area contributed by atoms with Crippen molar-refractivity contribution in [2.75, 3.05) is 26.8 Å². The van der Waals surface area contributed by atoms with Crippen molar-refractivity contribution < 1.29 is 18.8 Å². The van der Waals surface area contributed by atoms with Crippen LogP contribution in [0.25, 0.3) is 0 Å². The Morgan fingerprint density at radius 3 is 2.74 bits per heavy atom. The zero-order valence-electron chi connectivity index (χ0n) is 16.7. The van der Waals surface area contributed by atoms with Crippen LogP contribution in [0.15, 0.2) is 4.52 Å². The van der Waals surface area contributed by atoms with E-state index in [0.29, 0.717) is 31.2 Å². The minimum absolute atomic E-state index is 0.0277. The molecule has 0 aromatic carbocycles. The minimum Gasteiger partial charge on any atom is -0.375 e. The smallest absolute Gasteiger partial charge is 0.248 e. The number of aryl methyl sites for hydroxylation is 1. The second kappa shape index (κ2) is 7.96. The van der Waals surface area contributed by atoms with Gasteiger partial charge in [-0.1, -0.05) is 19.0 Å². The highest BCUT2D eigenvalue weighted by atomic mass is 16.5. The molecule has 2 aliphatic rings. The van der Waals surface area contributed by atoms with Gasteiger partial charge in [0.1, 0.15) is 6.61 Å². The highest BCUT2D eigenvalue weighted by Crippen LogP contribution is 2.50. The molecule has 2 heterocycles. The Labute approximate surface area is 160 Å². The fourth-order valence-electron chi connectivity index (χ4n) is 4.69. The Kier molecular flexibility index (Phi) is 5.83. The summed E-state index contributed by atoms with van der Waals surface area (Å²) in [5.41, 5.74) is -0.392. The number of ether oxygens (including phenoxy) is 1. The number of hydrogen-bond donors (Lipinski definition) is 1. The normalized spacial score (nSPS) is 27.2. The first-order valence-corrected chi connectivity index (χ1v) is 9.81. The summed E-state index contributed by atoms with van der Waals surface area (Å²) in [6.07, 6.45) is 3.20. The van der Waals surface area contributed by atoms with Gasteiger partial charge in [-0.3, -0.25) is 9.59 Å². The molecule has 1 aliphatic carbocycles. The number of carbonyl (C=O) groups is 2. The molecule has 1 aliphatic heterocycles. The third-order valence-corrected chi connectivity index (χ3v) is 6.15. The molecule has 2 fully saturated rings. The molecule has 1 N–H and O–H groups in total. The fraction of sp³-hybridized carbons (Fsp3) is 0.789. The maximum absolute atomic E-state index is 12.5. The summed E-state index contributed by atoms with van der Waals surface area (Å²) in [5, 5.41) is 7.18. The van der Waals surface area contributed by atoms with E-state index >= 15 is 0 Å². The van der Waals surface area contributed by atoms with Crippen molar-refractivity contribution in [1.82, 2.24) is 20.4 Å². The van der Waals surface area contributed by atoms with Gasteiger partial charge in [0.2, 0.25) is 17.7 Å². The van der Waals surface area contributed by atoms with Gasteiger partial charge < -0.3 is 19.5 Å². The van der Waals surface area contributed by atoms with E-state index in [1.165, 1.54) is 7.11 Å². The molecule has 8 heteroatoms. The molecular weight excluding hydrogens is 348 g/mol. The first kappa shape index (κ1) is 19.8. The van der Waals surface area contributed by atoms with E-state index in [1.807, 2.05) is 18.7 Å². The summed E-state index contributed by atoms with van der Waals surface area (Å²) in [5.74, 6) is 1.49. The van der Waals surface area contributed by atoms with Crippen LogP contribution in [0, 0.1) is 18.8 Å². The van der Waals surface area contributed by atoms with Gasteiger partial charge in [0.15, 0.2) is 5.82 Å². The van der Waals surface area contributed by atoms with Gasteiger partial charge in [0.25, 0.3) is 0 Å². The van der Waals surface area contributed by atoms with Crippen molar-refractivity contribution in [2.45, 2.75) is 57.9 Å². The lowest BCUT2D eigenvalue weighted by Gasteiger charge is -2.26. The van der Waals surface area contributed by atoms with Crippen molar-refractivity contribution >= 4 is 11.8 Å². The molecular formula is C19H30N4O4. The summed E-state index contributed by atoms with van der Waals surface area (Å²) in [6, 6.07) is 0.0648. The number of likely N-dealkylation sites (tertiary alicyclic amines) is 1. The maximum Gasteiger partial charge on any atom is 0.248 e. The molecule has 1 saturated carbocycles. The van der Waals surface area contributed by atoms with Crippen molar-refractivity contribution in [1.29, 1.82) is 0 Å². The van der Waals surface area contributed by atoms with Crippen molar-refractivity contribution in [3.8, 4) is 0 Å². The SMILES string of the molecule is CCC(CC)C(=O)N[C@@H]1C[C@H]2CN(C(=O)COC)C[C@@]2(c2nc(C)no2)C1. The van der Waals surface area contributed by atoms with Gasteiger partial charge in [-0.15, -0.1) is 0 Å². The Balaban J connectivity index is 1.79. The second-order valence-corrected chi connectivity index (χ2v) is 7.87. The van der Waals surface area contributed by atoms with Crippen LogP contribution in [0.4, 0.5) is 0 Å². The predicted molar refractivity (Wildman–Crippen MR) is 97.9 cm³/mol. The van der Waals surface area contributed by atoms with Gasteiger partial charge in [-0.25, -0.2) is 0 Å². The number of fused-ring (bicyclic) bond motifs is 1. The third-order valence-electron chi connectivity index (χ3n) is 6.15. The summed E-state index contributed by atoms with van der Waals surface area (Å²) in [7, 11) is 1.52. The minimum atomic E-state index is -0.392. The number of nitrogens with one attached hydrogen (secondary N) is 1. The van der Waals surface area contributed by atoms with Crippen LogP contribution in [0.1, 0.15) is 51.2 Å². The zero-order chi connectivity index (χ0) is 19.6. The van der Waals surface area contributed by atoms with Gasteiger partial charge in [0, 0.05) is 32.2 Å². The summed E-state index contributed by atoms with van der Waals surface area (Å²) in [4.78, 5) is 31.2. The second-order valence-electron chi connectivity index (χ2n) is 7.87. The van der Waals surface area contributed by atoms with Gasteiger partial charge in [0.05, 0.1) is 5.41 Å². The van der Waals surface area contributed by atoms with E-state index in [9.17, 15) is 9.59 Å². The van der Waals surface area contributed by atoms with Crippen LogP contribution in [0.2, 0.25) is 0 Å². The molecule has 0 radical (unpaired) electrons. The molecule has 1 aromatic rings. The molecule has 27 heavy (non-hydrogen) atoms. The van der Waals surface area contributed by atoms with Crippen LogP contribution < -0.4 is 5.32 Å². The highest BCUT2D eigenvalue weighted by molar-refractivity contribution is 5.79. The zero-order valence-corrected chi connectivity index (χ0v) is 16.7. The number of carbonyl (C=O) groups excluding carboxylic acids is 2. The predicted octanol–water partition coefficient (Wildman–Crippen LogP) is 1.44. The molecule has 2 amide bonds. The lowest BCUT2D eigenvalue weighted by Crippen LogP contribution is -2.41. The summed E-state index contributed by atoms with van der Waals surface area (Å²) < 4.78 is 10.5. The van der Waals surface area contributed by atoms with E-state index in [0.717, 1.165) is 19.3 Å². The van der Waals surface area contributed by atoms with Crippen LogP contribution in [-0.2, 0) is 19.7 Å². The molecule has 3 atom stereocenters. The van der Waals surface area contributed by atoms with E-state index < -0.39 is 5.41 Å². The van der Waals surface area contributed by atoms with Crippen LogP contribution >= 0.6 is 0 Å². The first-order chi connectivity index (χ1) is 12.9. The van der Waals surface area contributed by atoms with E-state index in [1.54, 1.807) is 6.92 Å². The van der Waals surface area contributed by atoms with Gasteiger partial charge in [-0.05, 0) is 38.5 Å². The standard InChI is InChI=1S/C19H30N4O4/c1-5-13(6-2)17(25)21-15-7-14-9-23(16(24)10-26-4)11-19(14,8-15)18-20-12(3)22-27-18/h13-15H,5-11H2,1-4H3,(H,21,25)/t14-,15+,19-/m0/s1. The number of amides is 2. The Morgan fingerprint density at radius 2 is 2.15 bits per heavy atom. The quantitative estimate of drug-likeness (QED) is 0.771.